The summed E-state index contributed by atoms with van der Waals surface area (Å²) in [5.41, 5.74) is 3.45. The molecule has 1 aromatic heterocycles. The molecule has 42 heavy (non-hydrogen) atoms. The lowest BCUT2D eigenvalue weighted by atomic mass is 10.1. The molecule has 1 aliphatic rings. The molecule has 2 aromatic rings. The molecule has 0 bridgehead atoms. The van der Waals surface area contributed by atoms with Gasteiger partial charge in [0.05, 0.1) is 12.2 Å². The normalized spacial score (nSPS) is 16.9. The number of unbranched alkanes of at least 4 members (excludes halogenated alkanes) is 1. The summed E-state index contributed by atoms with van der Waals surface area (Å²) >= 11 is 0. The van der Waals surface area contributed by atoms with Crippen LogP contribution in [-0.2, 0) is 6.54 Å². The molecule has 1 aromatic carbocycles. The van der Waals surface area contributed by atoms with Gasteiger partial charge in [0.1, 0.15) is 6.10 Å². The molecule has 1 saturated heterocycles. The van der Waals surface area contributed by atoms with Crippen LogP contribution in [0.2, 0.25) is 0 Å². The highest BCUT2D eigenvalue weighted by atomic mass is 16.3. The minimum absolute atomic E-state index is 0. The number of anilines is 1. The fourth-order valence-corrected chi connectivity index (χ4v) is 5.25. The first-order chi connectivity index (χ1) is 19.7. The van der Waals surface area contributed by atoms with E-state index in [0.29, 0.717) is 26.2 Å². The third-order valence-corrected chi connectivity index (χ3v) is 7.86. The van der Waals surface area contributed by atoms with Gasteiger partial charge in [0.25, 0.3) is 0 Å². The van der Waals surface area contributed by atoms with Crippen molar-refractivity contribution in [2.75, 3.05) is 77.9 Å². The third-order valence-electron chi connectivity index (χ3n) is 7.86. The molecular formula is C34H58N5O3+. The highest BCUT2D eigenvalue weighted by Crippen LogP contribution is 2.14. The maximum absolute atomic E-state index is 10.9. The summed E-state index contributed by atoms with van der Waals surface area (Å²) in [6, 6.07) is 12.6. The summed E-state index contributed by atoms with van der Waals surface area (Å²) in [5.74, 6) is 0. The fraction of sp³-hybridized carbons (Fsp3) is 0.618. The molecule has 236 valence electrons. The van der Waals surface area contributed by atoms with Crippen LogP contribution < -0.4 is 9.47 Å². The summed E-state index contributed by atoms with van der Waals surface area (Å²) in [5, 5.41) is 31.7. The van der Waals surface area contributed by atoms with Gasteiger partial charge >= 0.3 is 0 Å². The van der Waals surface area contributed by atoms with Gasteiger partial charge in [-0.1, -0.05) is 52.0 Å². The maximum atomic E-state index is 10.9. The zero-order chi connectivity index (χ0) is 29.6. The van der Waals surface area contributed by atoms with E-state index in [1.165, 1.54) is 5.69 Å². The number of aliphatic hydroxyl groups excluding tert-OH is 3. The van der Waals surface area contributed by atoms with Crippen molar-refractivity contribution >= 4 is 17.8 Å². The Hall–Kier alpha value is -2.33. The quantitative estimate of drug-likeness (QED) is 0.247. The van der Waals surface area contributed by atoms with Crippen molar-refractivity contribution in [2.45, 2.75) is 65.4 Å². The van der Waals surface area contributed by atoms with Crippen molar-refractivity contribution < 1.29 is 19.9 Å². The van der Waals surface area contributed by atoms with Gasteiger partial charge in [-0.2, -0.15) is 0 Å². The molecular weight excluding hydrogens is 526 g/mol. The zero-order valence-electron chi connectivity index (χ0n) is 25.8. The number of β-amino-alcohol motifs (C(OH)–C–C–N with tert-alkyl or cyclic N) is 2. The molecule has 0 spiro atoms. The summed E-state index contributed by atoms with van der Waals surface area (Å²) in [6.07, 6.45) is 9.93. The Morgan fingerprint density at radius 3 is 1.83 bits per heavy atom. The number of rotatable bonds is 17. The lowest BCUT2D eigenvalue weighted by molar-refractivity contribution is -0.703. The Labute approximate surface area is 255 Å². The standard InChI is InChI=1S/C33H54N5O3.CH4/c1-5-7-16-38(27-33(41)25-37-21-19-36(20-22-37)23-31(39)6-2)26-32(40)24-35-17-14-29(15-18-35)9-8-28-10-12-30(13-11-28)34(3)4;/h8-15,17-18,31-33,39-41H,5-7,16,19-27H2,1-4H3;1H4/q+1;. The average molecular weight is 585 g/mol. The summed E-state index contributed by atoms with van der Waals surface area (Å²) < 4.78 is 2.03. The predicted octanol–water partition coefficient (Wildman–Crippen LogP) is 3.06. The van der Waals surface area contributed by atoms with Crippen molar-refractivity contribution in [1.29, 1.82) is 0 Å². The monoisotopic (exact) mass is 584 g/mol. The van der Waals surface area contributed by atoms with Crippen LogP contribution in [0.4, 0.5) is 5.69 Å². The molecule has 0 saturated carbocycles. The summed E-state index contributed by atoms with van der Waals surface area (Å²) in [4.78, 5) is 8.93. The SMILES string of the molecule is C.CCCCN(CC(O)CN1CCN(CC(O)CC)CC1)CC(O)C[n+]1ccc(C=Cc2ccc(N(C)C)cc2)cc1. The number of benzene rings is 1. The van der Waals surface area contributed by atoms with E-state index >= 15 is 0 Å². The molecule has 0 radical (unpaired) electrons. The molecule has 3 atom stereocenters. The molecule has 2 heterocycles. The van der Waals surface area contributed by atoms with E-state index in [9.17, 15) is 15.3 Å². The first kappa shape index (κ1) is 35.9. The maximum Gasteiger partial charge on any atom is 0.175 e. The van der Waals surface area contributed by atoms with E-state index in [0.717, 1.165) is 69.7 Å². The molecule has 3 unspecified atom stereocenters. The molecule has 0 amide bonds. The third kappa shape index (κ3) is 12.9. The average Bonchev–Trinajstić information content (AvgIpc) is 2.96. The van der Waals surface area contributed by atoms with E-state index in [1.807, 2.05) is 38.0 Å². The van der Waals surface area contributed by atoms with E-state index in [-0.39, 0.29) is 13.5 Å². The second-order valence-electron chi connectivity index (χ2n) is 11.7. The van der Waals surface area contributed by atoms with Gasteiger partial charge in [-0.15, -0.1) is 0 Å². The summed E-state index contributed by atoms with van der Waals surface area (Å²) in [7, 11) is 4.08. The lowest BCUT2D eigenvalue weighted by Crippen LogP contribution is -2.52. The van der Waals surface area contributed by atoms with Crippen LogP contribution in [0, 0.1) is 0 Å². The smallest absolute Gasteiger partial charge is 0.175 e. The minimum Gasteiger partial charge on any atom is -0.392 e. The number of pyridine rings is 1. The second kappa shape index (κ2) is 19.1. The van der Waals surface area contributed by atoms with Crippen molar-refractivity contribution in [3.63, 3.8) is 0 Å². The van der Waals surface area contributed by atoms with Crippen molar-refractivity contribution in [3.8, 4) is 0 Å². The van der Waals surface area contributed by atoms with Gasteiger partial charge < -0.3 is 20.2 Å². The van der Waals surface area contributed by atoms with E-state index in [2.05, 4.69) is 75.1 Å². The van der Waals surface area contributed by atoms with E-state index < -0.39 is 12.2 Å². The molecule has 3 rings (SSSR count). The first-order valence-corrected chi connectivity index (χ1v) is 15.4. The van der Waals surface area contributed by atoms with E-state index in [1.54, 1.807) is 0 Å². The minimum atomic E-state index is -0.519. The Balaban J connectivity index is 0.00000616. The topological polar surface area (TPSA) is 77.5 Å². The molecule has 1 fully saturated rings. The Kier molecular flexibility index (Phi) is 16.3. The number of hydrogen-bond donors (Lipinski definition) is 3. The molecule has 3 N–H and O–H groups in total. The number of nitrogens with zero attached hydrogens (tertiary/aromatic N) is 5. The van der Waals surface area contributed by atoms with Crippen LogP contribution in [0.25, 0.3) is 12.2 Å². The van der Waals surface area contributed by atoms with Crippen molar-refractivity contribution in [3.05, 3.63) is 59.9 Å². The van der Waals surface area contributed by atoms with Gasteiger partial charge in [0, 0.05) is 84.3 Å². The Bertz CT molecular complexity index is 1010. The molecule has 0 aliphatic carbocycles. The van der Waals surface area contributed by atoms with Crippen LogP contribution in [0.1, 0.15) is 51.7 Å². The van der Waals surface area contributed by atoms with Crippen LogP contribution in [0.5, 0.6) is 0 Å². The van der Waals surface area contributed by atoms with Crippen LogP contribution in [-0.4, -0.2) is 121 Å². The highest BCUT2D eigenvalue weighted by Gasteiger charge is 2.23. The van der Waals surface area contributed by atoms with E-state index in [4.69, 9.17) is 0 Å². The Morgan fingerprint density at radius 1 is 0.786 bits per heavy atom. The lowest BCUT2D eigenvalue weighted by Gasteiger charge is -2.37. The van der Waals surface area contributed by atoms with Crippen LogP contribution in [0.15, 0.2) is 48.8 Å². The van der Waals surface area contributed by atoms with Gasteiger partial charge in [-0.3, -0.25) is 14.7 Å². The van der Waals surface area contributed by atoms with Gasteiger partial charge in [-0.05, 0) is 42.6 Å². The van der Waals surface area contributed by atoms with Gasteiger partial charge in [0.15, 0.2) is 18.9 Å². The summed E-state index contributed by atoms with van der Waals surface area (Å²) in [6.45, 7) is 11.7. The van der Waals surface area contributed by atoms with Crippen molar-refractivity contribution in [2.24, 2.45) is 0 Å². The number of piperazine rings is 1. The van der Waals surface area contributed by atoms with Gasteiger partial charge in [0.2, 0.25) is 0 Å². The Morgan fingerprint density at radius 2 is 1.31 bits per heavy atom. The van der Waals surface area contributed by atoms with Crippen LogP contribution in [0.3, 0.4) is 0 Å². The molecule has 8 nitrogen and oxygen atoms in total. The largest absolute Gasteiger partial charge is 0.392 e. The number of hydrogen-bond acceptors (Lipinski definition) is 7. The molecule has 8 heteroatoms. The van der Waals surface area contributed by atoms with Crippen LogP contribution >= 0.6 is 0 Å². The predicted molar refractivity (Wildman–Crippen MR) is 176 cm³/mol. The van der Waals surface area contributed by atoms with Gasteiger partial charge in [-0.25, -0.2) is 4.57 Å². The number of aliphatic hydroxyl groups is 3. The highest BCUT2D eigenvalue weighted by molar-refractivity contribution is 5.70. The van der Waals surface area contributed by atoms with Crippen molar-refractivity contribution in [1.82, 2.24) is 14.7 Å². The second-order valence-corrected chi connectivity index (χ2v) is 11.7. The zero-order valence-corrected chi connectivity index (χ0v) is 25.8. The fourth-order valence-electron chi connectivity index (χ4n) is 5.25. The number of aromatic nitrogens is 1. The molecule has 1 aliphatic heterocycles. The first-order valence-electron chi connectivity index (χ1n) is 15.4.